The maximum atomic E-state index is 13.2. The third kappa shape index (κ3) is 4.26. The van der Waals surface area contributed by atoms with Gasteiger partial charge in [-0.3, -0.25) is 0 Å². The second-order valence-corrected chi connectivity index (χ2v) is 9.61. The van der Waals surface area contributed by atoms with Crippen molar-refractivity contribution in [2.45, 2.75) is 43.9 Å². The van der Waals surface area contributed by atoms with Crippen molar-refractivity contribution in [3.05, 3.63) is 71.4 Å². The molecule has 1 aliphatic heterocycles. The highest BCUT2D eigenvalue weighted by molar-refractivity contribution is 7.15. The van der Waals surface area contributed by atoms with E-state index in [4.69, 9.17) is 4.74 Å². The van der Waals surface area contributed by atoms with Crippen molar-refractivity contribution in [2.24, 2.45) is 11.3 Å². The normalized spacial score (nSPS) is 35.4. The minimum Gasteiger partial charge on any atom is -0.394 e. The first-order chi connectivity index (χ1) is 14.8. The molecule has 4 rings (SSSR count). The van der Waals surface area contributed by atoms with E-state index in [1.54, 1.807) is 23.5 Å². The molecule has 1 saturated heterocycles. The highest BCUT2D eigenvalue weighted by Crippen LogP contribution is 2.45. The lowest BCUT2D eigenvalue weighted by molar-refractivity contribution is -0.252. The van der Waals surface area contributed by atoms with Gasteiger partial charge in [0.05, 0.1) is 12.7 Å². The van der Waals surface area contributed by atoms with Gasteiger partial charge in [-0.25, -0.2) is 4.39 Å². The molecule has 5 nitrogen and oxygen atoms in total. The Morgan fingerprint density at radius 1 is 1.00 bits per heavy atom. The Hall–Kier alpha value is -1.87. The Morgan fingerprint density at radius 2 is 1.74 bits per heavy atom. The van der Waals surface area contributed by atoms with Gasteiger partial charge in [-0.1, -0.05) is 43.4 Å². The van der Waals surface area contributed by atoms with Crippen molar-refractivity contribution in [2.75, 3.05) is 6.61 Å². The second kappa shape index (κ2) is 8.94. The van der Waals surface area contributed by atoms with Gasteiger partial charge >= 0.3 is 0 Å². The van der Waals surface area contributed by atoms with Crippen molar-refractivity contribution in [3.8, 4) is 10.4 Å². The molecule has 31 heavy (non-hydrogen) atoms. The van der Waals surface area contributed by atoms with Crippen LogP contribution in [0.4, 0.5) is 4.39 Å². The molecule has 1 aromatic carbocycles. The quantitative estimate of drug-likeness (QED) is 0.567. The van der Waals surface area contributed by atoms with Gasteiger partial charge in [0.2, 0.25) is 0 Å². The van der Waals surface area contributed by atoms with E-state index in [0.717, 1.165) is 15.3 Å². The molecule has 2 heterocycles. The first-order valence-corrected chi connectivity index (χ1v) is 11.2. The van der Waals surface area contributed by atoms with Crippen molar-refractivity contribution < 1.29 is 29.6 Å². The van der Waals surface area contributed by atoms with Crippen molar-refractivity contribution >= 4 is 11.3 Å². The topological polar surface area (TPSA) is 90.2 Å². The number of allylic oxidation sites excluding steroid dienone is 3. The number of benzene rings is 1. The molecule has 0 radical (unpaired) electrons. The molecular weight excluding hydrogens is 419 g/mol. The second-order valence-electron chi connectivity index (χ2n) is 8.44. The first-order valence-electron chi connectivity index (χ1n) is 10.3. The summed E-state index contributed by atoms with van der Waals surface area (Å²) in [5, 5.41) is 40.7. The molecule has 0 spiro atoms. The van der Waals surface area contributed by atoms with Gasteiger partial charge < -0.3 is 25.2 Å². The zero-order chi connectivity index (χ0) is 22.2. The number of halogens is 1. The fourth-order valence-corrected chi connectivity index (χ4v) is 5.55. The van der Waals surface area contributed by atoms with E-state index in [2.05, 4.69) is 6.08 Å². The van der Waals surface area contributed by atoms with Crippen LogP contribution in [0.25, 0.3) is 10.4 Å². The van der Waals surface area contributed by atoms with Gasteiger partial charge in [-0.05, 0) is 42.2 Å². The van der Waals surface area contributed by atoms with Crippen LogP contribution in [0.3, 0.4) is 0 Å². The monoisotopic (exact) mass is 446 g/mol. The Bertz CT molecular complexity index is 953. The molecule has 0 amide bonds. The van der Waals surface area contributed by atoms with Crippen LogP contribution >= 0.6 is 11.3 Å². The number of rotatable bonds is 5. The summed E-state index contributed by atoms with van der Waals surface area (Å²) in [6, 6.07) is 10.5. The maximum absolute atomic E-state index is 13.2. The highest BCUT2D eigenvalue weighted by atomic mass is 32.1. The summed E-state index contributed by atoms with van der Waals surface area (Å²) < 4.78 is 19.1. The van der Waals surface area contributed by atoms with Crippen LogP contribution in [-0.4, -0.2) is 57.6 Å². The van der Waals surface area contributed by atoms with E-state index in [0.29, 0.717) is 6.42 Å². The minimum absolute atomic E-state index is 0.0429. The fourth-order valence-electron chi connectivity index (χ4n) is 4.48. The van der Waals surface area contributed by atoms with E-state index >= 15 is 0 Å². The summed E-state index contributed by atoms with van der Waals surface area (Å²) in [6.07, 6.45) is 2.71. The molecular formula is C24H27FO5S. The van der Waals surface area contributed by atoms with Gasteiger partial charge in [0, 0.05) is 15.2 Å². The average Bonchev–Trinajstić information content (AvgIpc) is 3.23. The molecule has 0 saturated carbocycles. The van der Waals surface area contributed by atoms with Crippen LogP contribution in [0.15, 0.2) is 60.7 Å². The van der Waals surface area contributed by atoms with Gasteiger partial charge in [-0.2, -0.15) is 0 Å². The largest absolute Gasteiger partial charge is 0.394 e. The lowest BCUT2D eigenvalue weighted by Gasteiger charge is -2.49. The Labute approximate surface area is 184 Å². The molecule has 166 valence electrons. The first kappa shape index (κ1) is 22.3. The minimum atomic E-state index is -1.40. The predicted octanol–water partition coefficient (Wildman–Crippen LogP) is 2.69. The molecule has 2 aliphatic rings. The molecule has 0 bridgehead atoms. The van der Waals surface area contributed by atoms with E-state index in [1.165, 1.54) is 12.1 Å². The molecule has 2 aromatic rings. The number of ether oxygens (including phenoxy) is 1. The Morgan fingerprint density at radius 3 is 2.45 bits per heavy atom. The number of hydrogen-bond acceptors (Lipinski definition) is 6. The zero-order valence-corrected chi connectivity index (χ0v) is 18.0. The predicted molar refractivity (Wildman–Crippen MR) is 117 cm³/mol. The SMILES string of the molecule is CC1(C2O[C@H](CO)[C@@H](O)[C@H](O)[C@H]2O)C=CC=CC1Cc1ccc(-c2ccc(F)cc2)s1. The smallest absolute Gasteiger partial charge is 0.123 e. The number of aliphatic hydroxyl groups excluding tert-OH is 4. The Balaban J connectivity index is 1.57. The molecule has 1 fully saturated rings. The van der Waals surface area contributed by atoms with Gasteiger partial charge in [-0.15, -0.1) is 11.3 Å². The van der Waals surface area contributed by atoms with Crippen molar-refractivity contribution in [1.82, 2.24) is 0 Å². The van der Waals surface area contributed by atoms with Crippen LogP contribution in [0, 0.1) is 17.2 Å². The molecule has 7 heteroatoms. The van der Waals surface area contributed by atoms with Gasteiger partial charge in [0.15, 0.2) is 0 Å². The Kier molecular flexibility index (Phi) is 6.44. The molecule has 1 aromatic heterocycles. The molecule has 1 aliphatic carbocycles. The number of aliphatic hydroxyl groups is 4. The summed E-state index contributed by atoms with van der Waals surface area (Å²) in [5.41, 5.74) is 0.288. The summed E-state index contributed by atoms with van der Waals surface area (Å²) in [5.74, 6) is -0.311. The summed E-state index contributed by atoms with van der Waals surface area (Å²) in [6.45, 7) is 1.51. The number of thiophene rings is 1. The molecule has 3 unspecified atom stereocenters. The van der Waals surface area contributed by atoms with Crippen LogP contribution in [0.1, 0.15) is 11.8 Å². The third-order valence-corrected chi connectivity index (χ3v) is 7.58. The van der Waals surface area contributed by atoms with E-state index in [-0.39, 0.29) is 11.7 Å². The summed E-state index contributed by atoms with van der Waals surface area (Å²) in [7, 11) is 0. The third-order valence-electron chi connectivity index (χ3n) is 6.43. The highest BCUT2D eigenvalue weighted by Gasteiger charge is 2.52. The van der Waals surface area contributed by atoms with Crippen LogP contribution < -0.4 is 0 Å². The van der Waals surface area contributed by atoms with E-state index in [1.807, 2.05) is 37.3 Å². The summed E-state index contributed by atoms with van der Waals surface area (Å²) in [4.78, 5) is 2.17. The van der Waals surface area contributed by atoms with Gasteiger partial charge in [0.25, 0.3) is 0 Å². The fraction of sp³-hybridized carbons (Fsp3) is 0.417. The molecule has 4 N–H and O–H groups in total. The maximum Gasteiger partial charge on any atom is 0.123 e. The van der Waals surface area contributed by atoms with Gasteiger partial charge in [0.1, 0.15) is 30.2 Å². The van der Waals surface area contributed by atoms with E-state index in [9.17, 15) is 24.8 Å². The standard InChI is InChI=1S/C24H27FO5S/c1-24(23-22(29)21(28)20(27)18(13-26)30-23)11-3-2-4-15(24)12-17-9-10-19(31-17)14-5-7-16(25)8-6-14/h2-11,15,18,20-23,26-29H,12-13H2,1H3/t15?,18-,20-,21+,22-,23?,24?/m1/s1. The van der Waals surface area contributed by atoms with Crippen molar-refractivity contribution in [1.29, 1.82) is 0 Å². The summed E-state index contributed by atoms with van der Waals surface area (Å²) >= 11 is 1.63. The zero-order valence-electron chi connectivity index (χ0n) is 17.1. The molecule has 7 atom stereocenters. The van der Waals surface area contributed by atoms with Crippen LogP contribution in [-0.2, 0) is 11.2 Å². The van der Waals surface area contributed by atoms with Crippen LogP contribution in [0.2, 0.25) is 0 Å². The lowest BCUT2D eigenvalue weighted by atomic mass is 9.66. The van der Waals surface area contributed by atoms with Crippen molar-refractivity contribution in [3.63, 3.8) is 0 Å². The van der Waals surface area contributed by atoms with Crippen LogP contribution in [0.5, 0.6) is 0 Å². The van der Waals surface area contributed by atoms with E-state index < -0.39 is 42.5 Å². The number of hydrogen-bond donors (Lipinski definition) is 4. The average molecular weight is 447 g/mol. The lowest BCUT2D eigenvalue weighted by Crippen LogP contribution is -2.63.